The molecule has 0 radical (unpaired) electrons. The molecule has 0 N–H and O–H groups in total. The van der Waals surface area contributed by atoms with Crippen LogP contribution >= 0.6 is 0 Å². The van der Waals surface area contributed by atoms with Crippen LogP contribution in [0.15, 0.2) is 54.9 Å². The summed E-state index contributed by atoms with van der Waals surface area (Å²) in [5, 5.41) is 0. The van der Waals surface area contributed by atoms with Gasteiger partial charge < -0.3 is 28.8 Å². The highest BCUT2D eigenvalue weighted by Crippen LogP contribution is 2.05. The average Bonchev–Trinajstić information content (AvgIpc) is 2.65. The zero-order valence-electron chi connectivity index (χ0n) is 20.9. The van der Waals surface area contributed by atoms with Gasteiger partial charge in [-0.3, -0.25) is 0 Å². The van der Waals surface area contributed by atoms with E-state index < -0.39 is 0 Å². The fourth-order valence-electron chi connectivity index (χ4n) is 1.18. The quantitative estimate of drug-likeness (QED) is 0.380. The van der Waals surface area contributed by atoms with E-state index in [1.807, 2.05) is 94.2 Å². The molecule has 2 aromatic rings. The minimum absolute atomic E-state index is 0. The molecular formula is C24H48N2O2. The summed E-state index contributed by atoms with van der Waals surface area (Å²) in [7, 11) is 13.8. The fraction of sp³-hybridized carbons (Fsp3) is 0.458. The van der Waals surface area contributed by atoms with Crippen LogP contribution in [0.1, 0.15) is 27.7 Å². The Hall–Kier alpha value is -2.07. The molecule has 0 bridgehead atoms. The summed E-state index contributed by atoms with van der Waals surface area (Å²) in [6, 6.07) is 13.5. The highest BCUT2D eigenvalue weighted by Gasteiger charge is 1.91. The van der Waals surface area contributed by atoms with E-state index in [0.29, 0.717) is 0 Å². The lowest BCUT2D eigenvalue weighted by Crippen LogP contribution is -2.27. The Kier molecular flexibility index (Phi) is 32.8. The number of para-hydroxylation sites is 1. The number of ether oxygens (including phenoxy) is 2. The van der Waals surface area contributed by atoms with Crippen molar-refractivity contribution in [3.63, 3.8) is 0 Å². The molecule has 1 heterocycles. The van der Waals surface area contributed by atoms with E-state index in [0.717, 1.165) is 16.0 Å². The van der Waals surface area contributed by atoms with Crippen LogP contribution in [0, 0.1) is 14.9 Å². The Balaban J connectivity index is -0.0000000862. The molecule has 28 heavy (non-hydrogen) atoms. The van der Waals surface area contributed by atoms with Gasteiger partial charge in [-0.2, -0.15) is 0 Å². The molecule has 4 heteroatoms. The van der Waals surface area contributed by atoms with Gasteiger partial charge in [-0.1, -0.05) is 45.9 Å². The van der Waals surface area contributed by atoms with E-state index in [9.17, 15) is 0 Å². The first kappa shape index (κ1) is 36.8. The molecule has 0 aliphatic carbocycles. The molecule has 0 spiro atoms. The second kappa shape index (κ2) is 24.9. The molecule has 0 aliphatic rings. The Bertz CT molecular complexity index is 486. The van der Waals surface area contributed by atoms with Crippen LogP contribution in [-0.2, 0) is 7.05 Å². The molecular weight excluding hydrogens is 348 g/mol. The van der Waals surface area contributed by atoms with Crippen molar-refractivity contribution in [2.75, 3.05) is 42.4 Å². The number of pyridine rings is 1. The predicted octanol–water partition coefficient (Wildman–Crippen LogP) is 5.49. The fourth-order valence-corrected chi connectivity index (χ4v) is 1.18. The first-order valence-electron chi connectivity index (χ1n) is 9.13. The van der Waals surface area contributed by atoms with Crippen LogP contribution in [0.4, 0.5) is 0 Å². The zero-order chi connectivity index (χ0) is 21.0. The number of rotatable bonds is 2. The number of quaternary nitrogens is 1. The molecule has 0 amide bonds. The summed E-state index contributed by atoms with van der Waals surface area (Å²) in [6.07, 6.45) is 3.89. The maximum atomic E-state index is 4.96. The van der Waals surface area contributed by atoms with Gasteiger partial charge in [-0.15, -0.1) is 0 Å². The van der Waals surface area contributed by atoms with Crippen molar-refractivity contribution >= 4 is 0 Å². The van der Waals surface area contributed by atoms with Gasteiger partial charge in [0, 0.05) is 12.1 Å². The molecule has 0 atom stereocenters. The highest BCUT2D eigenvalue weighted by molar-refractivity contribution is 5.20. The Morgan fingerprint density at radius 2 is 0.929 bits per heavy atom. The summed E-state index contributed by atoms with van der Waals surface area (Å²) in [4.78, 5) is 0. The summed E-state index contributed by atoms with van der Waals surface area (Å²) in [5.74, 6) is 1.81. The first-order valence-corrected chi connectivity index (χ1v) is 9.13. The van der Waals surface area contributed by atoms with Gasteiger partial charge in [-0.25, -0.2) is 4.57 Å². The lowest BCUT2D eigenvalue weighted by atomic mass is 10.3. The van der Waals surface area contributed by atoms with E-state index in [1.165, 1.54) is 0 Å². The number of aromatic nitrogens is 1. The maximum absolute atomic E-state index is 4.96. The zero-order valence-corrected chi connectivity index (χ0v) is 20.9. The Morgan fingerprint density at radius 1 is 0.643 bits per heavy atom. The lowest BCUT2D eigenvalue weighted by Gasteiger charge is -2.14. The lowest BCUT2D eigenvalue weighted by molar-refractivity contribution is -0.849. The van der Waals surface area contributed by atoms with Gasteiger partial charge in [0.15, 0.2) is 12.4 Å². The molecule has 0 aliphatic heterocycles. The minimum atomic E-state index is 0. The molecule has 0 fully saturated rings. The Morgan fingerprint density at radius 3 is 1.18 bits per heavy atom. The van der Waals surface area contributed by atoms with Crippen molar-refractivity contribution in [1.29, 1.82) is 0 Å². The first-order chi connectivity index (χ1) is 12.3. The number of aryl methyl sites for hydroxylation is 1. The van der Waals surface area contributed by atoms with Crippen LogP contribution < -0.4 is 14.0 Å². The van der Waals surface area contributed by atoms with Gasteiger partial charge in [-0.05, 0) is 12.1 Å². The highest BCUT2D eigenvalue weighted by atomic mass is 16.5. The van der Waals surface area contributed by atoms with Crippen molar-refractivity contribution in [3.05, 3.63) is 69.7 Å². The van der Waals surface area contributed by atoms with Crippen molar-refractivity contribution < 1.29 is 18.5 Å². The van der Waals surface area contributed by atoms with Crippen molar-refractivity contribution in [3.8, 4) is 11.5 Å². The van der Waals surface area contributed by atoms with Crippen LogP contribution in [0.5, 0.6) is 11.5 Å². The van der Waals surface area contributed by atoms with Gasteiger partial charge in [0.25, 0.3) is 0 Å². The van der Waals surface area contributed by atoms with Gasteiger partial charge in [0.1, 0.15) is 18.5 Å². The third kappa shape index (κ3) is 31.7. The van der Waals surface area contributed by atoms with Crippen LogP contribution in [0.25, 0.3) is 0 Å². The average molecular weight is 397 g/mol. The largest absolute Gasteiger partial charge is 0.497 e. The van der Waals surface area contributed by atoms with Gasteiger partial charge >= 0.3 is 0 Å². The second-order valence-corrected chi connectivity index (χ2v) is 6.10. The van der Waals surface area contributed by atoms with Crippen molar-refractivity contribution in [1.82, 2.24) is 0 Å². The van der Waals surface area contributed by atoms with E-state index in [1.54, 1.807) is 14.2 Å². The topological polar surface area (TPSA) is 22.3 Å². The van der Waals surface area contributed by atoms with E-state index in [-0.39, 0.29) is 14.9 Å². The molecule has 1 aromatic heterocycles. The molecule has 0 unspecified atom stereocenters. The van der Waals surface area contributed by atoms with Crippen molar-refractivity contribution in [2.24, 2.45) is 7.05 Å². The standard InChI is InChI=1S/C7H10NO.C7H8O.C4H12N.2C2H6.2CH3/c1-8-5-3-7(9-2)4-6-8;1-8-7-5-3-2-4-6-7;1-5(2,3)4;2*1-2;;/h3-6H,1-2H3;2-6H,1H3;1-4H3;2*1-2H3;2*1H3/q+1;;+1;;;2*-1. The number of nitrogens with zero attached hydrogens (tertiary/aromatic N) is 2. The monoisotopic (exact) mass is 396 g/mol. The number of benzene rings is 1. The number of methoxy groups -OCH3 is 2. The smallest absolute Gasteiger partial charge is 0.172 e. The molecule has 1 aromatic carbocycles. The number of hydrogen-bond donors (Lipinski definition) is 0. The molecule has 4 nitrogen and oxygen atoms in total. The summed E-state index contributed by atoms with van der Waals surface area (Å²) in [5.41, 5.74) is 0. The van der Waals surface area contributed by atoms with Crippen LogP contribution in [-0.4, -0.2) is 46.9 Å². The van der Waals surface area contributed by atoms with Crippen molar-refractivity contribution in [2.45, 2.75) is 27.7 Å². The molecule has 0 saturated carbocycles. The maximum Gasteiger partial charge on any atom is 0.172 e. The summed E-state index contributed by atoms with van der Waals surface area (Å²) >= 11 is 0. The SMILES string of the molecule is CC.CC.COc1cc[n+](C)cc1.COc1ccccc1.C[N+](C)(C)C.[CH3-].[CH3-]. The van der Waals surface area contributed by atoms with E-state index in [4.69, 9.17) is 9.47 Å². The molecule has 0 saturated heterocycles. The van der Waals surface area contributed by atoms with Crippen LogP contribution in [0.3, 0.4) is 0 Å². The third-order valence-electron chi connectivity index (χ3n) is 2.16. The molecule has 166 valence electrons. The molecule has 2 rings (SSSR count). The third-order valence-corrected chi connectivity index (χ3v) is 2.16. The van der Waals surface area contributed by atoms with E-state index in [2.05, 4.69) is 28.2 Å². The normalized spacial score (nSPS) is 7.96. The second-order valence-electron chi connectivity index (χ2n) is 6.10. The Labute approximate surface area is 177 Å². The number of hydrogen-bond acceptors (Lipinski definition) is 2. The van der Waals surface area contributed by atoms with Gasteiger partial charge in [0.05, 0.1) is 42.4 Å². The van der Waals surface area contributed by atoms with Gasteiger partial charge in [0.2, 0.25) is 0 Å². The minimum Gasteiger partial charge on any atom is -0.497 e. The summed E-state index contributed by atoms with van der Waals surface area (Å²) < 4.78 is 12.8. The summed E-state index contributed by atoms with van der Waals surface area (Å²) in [6.45, 7) is 8.00. The van der Waals surface area contributed by atoms with Crippen LogP contribution in [0.2, 0.25) is 0 Å². The predicted molar refractivity (Wildman–Crippen MR) is 127 cm³/mol. The van der Waals surface area contributed by atoms with E-state index >= 15 is 0 Å².